The zero-order valence-electron chi connectivity index (χ0n) is 18.0. The number of hydrogen-bond acceptors (Lipinski definition) is 7. The lowest BCUT2D eigenvalue weighted by Gasteiger charge is -2.14. The molecule has 0 aliphatic heterocycles. The number of amides is 1. The number of aromatic amines is 1. The molecule has 0 radical (unpaired) electrons. The lowest BCUT2D eigenvalue weighted by molar-refractivity contribution is -0.113. The highest BCUT2D eigenvalue weighted by atomic mass is 35.5. The zero-order valence-corrected chi connectivity index (χ0v) is 19.6. The van der Waals surface area contributed by atoms with Crippen LogP contribution in [0, 0.1) is 6.92 Å². The number of thioether (sulfide) groups is 1. The first kappa shape index (κ1) is 22.7. The molecule has 1 amide bonds. The van der Waals surface area contributed by atoms with E-state index in [1.807, 2.05) is 13.0 Å². The number of nitrogens with zero attached hydrogens (tertiary/aromatic N) is 3. The van der Waals surface area contributed by atoms with Crippen LogP contribution in [0.25, 0.3) is 16.7 Å². The minimum atomic E-state index is -0.312. The zero-order chi connectivity index (χ0) is 23.5. The van der Waals surface area contributed by atoms with Crippen LogP contribution in [-0.4, -0.2) is 45.6 Å². The molecule has 0 spiro atoms. The van der Waals surface area contributed by atoms with E-state index in [0.29, 0.717) is 44.1 Å². The predicted octanol–water partition coefficient (Wildman–Crippen LogP) is 3.82. The molecule has 4 aromatic rings. The Morgan fingerprint density at radius 2 is 2.03 bits per heavy atom. The molecule has 0 bridgehead atoms. The Morgan fingerprint density at radius 1 is 1.21 bits per heavy atom. The van der Waals surface area contributed by atoms with Gasteiger partial charge in [-0.2, -0.15) is 5.10 Å². The third-order valence-corrected chi connectivity index (χ3v) is 6.23. The van der Waals surface area contributed by atoms with Gasteiger partial charge in [-0.3, -0.25) is 19.3 Å². The van der Waals surface area contributed by atoms with Crippen LogP contribution in [0.1, 0.15) is 5.56 Å². The molecular formula is C22H20ClN5O4S. The van der Waals surface area contributed by atoms with Gasteiger partial charge >= 0.3 is 0 Å². The minimum Gasteiger partial charge on any atom is -0.497 e. The highest BCUT2D eigenvalue weighted by Gasteiger charge is 2.17. The van der Waals surface area contributed by atoms with E-state index in [2.05, 4.69) is 20.5 Å². The number of halogens is 1. The van der Waals surface area contributed by atoms with E-state index in [1.165, 1.54) is 17.9 Å². The van der Waals surface area contributed by atoms with Crippen molar-refractivity contribution in [1.29, 1.82) is 0 Å². The van der Waals surface area contributed by atoms with E-state index < -0.39 is 0 Å². The van der Waals surface area contributed by atoms with Gasteiger partial charge in [-0.1, -0.05) is 29.4 Å². The number of benzene rings is 2. The summed E-state index contributed by atoms with van der Waals surface area (Å²) in [4.78, 5) is 30.3. The maximum Gasteiger partial charge on any atom is 0.269 e. The lowest BCUT2D eigenvalue weighted by Crippen LogP contribution is -2.22. The summed E-state index contributed by atoms with van der Waals surface area (Å²) in [6.45, 7) is 1.87. The monoisotopic (exact) mass is 485 g/mol. The summed E-state index contributed by atoms with van der Waals surface area (Å²) in [5, 5.41) is 10.6. The van der Waals surface area contributed by atoms with Crippen molar-refractivity contribution in [3.8, 4) is 17.2 Å². The standard InChI is InChI=1S/C22H20ClN5O4S/c1-12-4-5-13(8-16(12)23)28-21(30)15-10-24-27-20(15)26-22(28)33-11-19(29)25-17-7-6-14(31-2)9-18(17)32-3/h4-10H,11H2,1-3H3,(H,24,27)(H,25,29). The molecule has 33 heavy (non-hydrogen) atoms. The van der Waals surface area contributed by atoms with Gasteiger partial charge in [-0.05, 0) is 36.8 Å². The van der Waals surface area contributed by atoms with Crippen LogP contribution >= 0.6 is 23.4 Å². The Kier molecular flexibility index (Phi) is 6.57. The average molecular weight is 486 g/mol. The molecule has 170 valence electrons. The highest BCUT2D eigenvalue weighted by Crippen LogP contribution is 2.30. The van der Waals surface area contributed by atoms with E-state index in [-0.39, 0.29) is 17.2 Å². The molecule has 2 aromatic heterocycles. The maximum atomic E-state index is 13.2. The summed E-state index contributed by atoms with van der Waals surface area (Å²) in [6, 6.07) is 10.4. The molecule has 0 atom stereocenters. The predicted molar refractivity (Wildman–Crippen MR) is 128 cm³/mol. The van der Waals surface area contributed by atoms with Crippen molar-refractivity contribution in [2.45, 2.75) is 12.1 Å². The SMILES string of the molecule is COc1ccc(NC(=O)CSc2nc3[nH]ncc3c(=O)n2-c2ccc(C)c(Cl)c2)c(OC)c1. The number of methoxy groups -OCH3 is 2. The quantitative estimate of drug-likeness (QED) is 0.302. The van der Waals surface area contributed by atoms with Crippen molar-refractivity contribution in [2.24, 2.45) is 0 Å². The van der Waals surface area contributed by atoms with Crippen molar-refractivity contribution in [3.63, 3.8) is 0 Å². The molecule has 2 aromatic carbocycles. The van der Waals surface area contributed by atoms with Crippen LogP contribution in [0.4, 0.5) is 5.69 Å². The highest BCUT2D eigenvalue weighted by molar-refractivity contribution is 7.99. The molecule has 0 saturated heterocycles. The van der Waals surface area contributed by atoms with Gasteiger partial charge in [0.15, 0.2) is 10.8 Å². The summed E-state index contributed by atoms with van der Waals surface area (Å²) in [6.07, 6.45) is 1.42. The van der Waals surface area contributed by atoms with Crippen LogP contribution in [0.5, 0.6) is 11.5 Å². The van der Waals surface area contributed by atoms with E-state index in [0.717, 1.165) is 17.3 Å². The molecule has 2 heterocycles. The summed E-state index contributed by atoms with van der Waals surface area (Å²) in [5.74, 6) is 0.782. The van der Waals surface area contributed by atoms with Gasteiger partial charge in [-0.15, -0.1) is 0 Å². The van der Waals surface area contributed by atoms with Gasteiger partial charge in [0, 0.05) is 11.1 Å². The van der Waals surface area contributed by atoms with Gasteiger partial charge in [0.1, 0.15) is 16.9 Å². The van der Waals surface area contributed by atoms with Crippen molar-refractivity contribution in [2.75, 3.05) is 25.3 Å². The molecule has 0 aliphatic rings. The second-order valence-electron chi connectivity index (χ2n) is 7.00. The lowest BCUT2D eigenvalue weighted by atomic mass is 10.2. The van der Waals surface area contributed by atoms with Gasteiger partial charge in [0.05, 0.1) is 37.5 Å². The molecular weight excluding hydrogens is 466 g/mol. The number of H-pyrrole nitrogens is 1. The molecule has 0 aliphatic carbocycles. The Bertz CT molecular complexity index is 1400. The second kappa shape index (κ2) is 9.55. The second-order valence-corrected chi connectivity index (χ2v) is 8.35. The van der Waals surface area contributed by atoms with E-state index in [9.17, 15) is 9.59 Å². The summed E-state index contributed by atoms with van der Waals surface area (Å²) >= 11 is 7.40. The number of rotatable bonds is 7. The van der Waals surface area contributed by atoms with Gasteiger partial charge in [0.25, 0.3) is 5.56 Å². The third kappa shape index (κ3) is 4.67. The smallest absolute Gasteiger partial charge is 0.269 e. The van der Waals surface area contributed by atoms with Crippen LogP contribution in [0.2, 0.25) is 5.02 Å². The van der Waals surface area contributed by atoms with Gasteiger partial charge < -0.3 is 14.8 Å². The molecule has 0 fully saturated rings. The maximum absolute atomic E-state index is 13.2. The average Bonchev–Trinajstić information content (AvgIpc) is 3.29. The van der Waals surface area contributed by atoms with Crippen LogP contribution in [0.3, 0.4) is 0 Å². The molecule has 0 saturated carbocycles. The van der Waals surface area contributed by atoms with Crippen molar-refractivity contribution in [1.82, 2.24) is 19.7 Å². The number of anilines is 1. The molecule has 9 nitrogen and oxygen atoms in total. The number of carbonyl (C=O) groups excluding carboxylic acids is 1. The van der Waals surface area contributed by atoms with E-state index in [1.54, 1.807) is 37.4 Å². The summed E-state index contributed by atoms with van der Waals surface area (Å²) in [7, 11) is 3.06. The fraction of sp³-hybridized carbons (Fsp3) is 0.182. The number of aromatic nitrogens is 4. The van der Waals surface area contributed by atoms with E-state index >= 15 is 0 Å². The Hall–Kier alpha value is -3.50. The largest absolute Gasteiger partial charge is 0.497 e. The normalized spacial score (nSPS) is 10.9. The van der Waals surface area contributed by atoms with Gasteiger partial charge in [-0.25, -0.2) is 4.98 Å². The fourth-order valence-electron chi connectivity index (χ4n) is 3.14. The Balaban J connectivity index is 1.63. The first-order chi connectivity index (χ1) is 15.9. The van der Waals surface area contributed by atoms with Crippen molar-refractivity contribution < 1.29 is 14.3 Å². The number of hydrogen-bond donors (Lipinski definition) is 2. The number of fused-ring (bicyclic) bond motifs is 1. The van der Waals surface area contributed by atoms with Crippen molar-refractivity contribution in [3.05, 3.63) is 63.5 Å². The molecule has 4 rings (SSSR count). The van der Waals surface area contributed by atoms with Crippen molar-refractivity contribution >= 4 is 46.0 Å². The summed E-state index contributed by atoms with van der Waals surface area (Å²) < 4.78 is 11.9. The van der Waals surface area contributed by atoms with Crippen LogP contribution < -0.4 is 20.3 Å². The first-order valence-electron chi connectivity index (χ1n) is 9.78. The minimum absolute atomic E-state index is 0.000854. The van der Waals surface area contributed by atoms with Crippen LogP contribution in [0.15, 0.2) is 52.5 Å². The van der Waals surface area contributed by atoms with E-state index in [4.69, 9.17) is 21.1 Å². The van der Waals surface area contributed by atoms with Crippen LogP contribution in [-0.2, 0) is 4.79 Å². The molecule has 11 heteroatoms. The topological polar surface area (TPSA) is 111 Å². The Labute approximate surface area is 198 Å². The molecule has 0 unspecified atom stereocenters. The van der Waals surface area contributed by atoms with Gasteiger partial charge in [0.2, 0.25) is 5.91 Å². The Morgan fingerprint density at radius 3 is 2.76 bits per heavy atom. The number of aryl methyl sites for hydroxylation is 1. The number of ether oxygens (including phenoxy) is 2. The number of nitrogens with one attached hydrogen (secondary N) is 2. The summed E-state index contributed by atoms with van der Waals surface area (Å²) in [5.41, 5.74) is 1.96. The fourth-order valence-corrected chi connectivity index (χ4v) is 4.12. The number of carbonyl (C=O) groups is 1. The third-order valence-electron chi connectivity index (χ3n) is 4.88. The molecule has 2 N–H and O–H groups in total. The first-order valence-corrected chi connectivity index (χ1v) is 11.1.